The van der Waals surface area contributed by atoms with Crippen molar-refractivity contribution in [1.82, 2.24) is 0 Å². The average molecular weight is 256 g/mol. The second kappa shape index (κ2) is 6.78. The second-order valence-corrected chi connectivity index (χ2v) is 4.61. The van der Waals surface area contributed by atoms with Crippen molar-refractivity contribution in [1.29, 1.82) is 0 Å². The fourth-order valence-electron chi connectivity index (χ4n) is 1.79. The molecule has 4 nitrogen and oxygen atoms in total. The number of carbonyl (C=O) groups is 1. The maximum absolute atomic E-state index is 11.8. The van der Waals surface area contributed by atoms with Crippen molar-refractivity contribution in [3.8, 4) is 0 Å². The molecule has 0 fully saturated rings. The molecule has 0 amide bonds. The molecule has 0 spiro atoms. The Morgan fingerprint density at radius 1 is 1.06 bits per heavy atom. The summed E-state index contributed by atoms with van der Waals surface area (Å²) in [5.41, 5.74) is -1.45. The van der Waals surface area contributed by atoms with Crippen LogP contribution in [0.5, 0.6) is 0 Å². The number of ketones is 1. The number of Topliss-reactive ketones (excluding diaryl/α,β-unsaturated/α-hetero) is 1. The Bertz CT molecular complexity index is 322. The zero-order chi connectivity index (χ0) is 13.6. The van der Waals surface area contributed by atoms with Crippen LogP contribution in [0.25, 0.3) is 0 Å². The lowest BCUT2D eigenvalue weighted by atomic mass is 9.81. The smallest absolute Gasteiger partial charge is 0.240 e. The molecule has 1 atom stereocenters. The van der Waals surface area contributed by atoms with Gasteiger partial charge in [-0.2, -0.15) is 0 Å². The highest BCUT2D eigenvalue weighted by molar-refractivity contribution is 6.09. The van der Waals surface area contributed by atoms with E-state index in [1.165, 1.54) is 0 Å². The van der Waals surface area contributed by atoms with E-state index < -0.39 is 5.60 Å². The van der Waals surface area contributed by atoms with Crippen molar-refractivity contribution in [3.63, 3.8) is 0 Å². The van der Waals surface area contributed by atoms with Crippen LogP contribution in [0.2, 0.25) is 0 Å². The van der Waals surface area contributed by atoms with E-state index in [1.54, 1.807) is 6.92 Å². The molecule has 0 aromatic carbocycles. The third-order valence-corrected chi connectivity index (χ3v) is 3.16. The molecule has 1 aliphatic rings. The zero-order valence-corrected chi connectivity index (χ0v) is 11.6. The molecule has 4 heteroatoms. The van der Waals surface area contributed by atoms with Crippen LogP contribution >= 0.6 is 0 Å². The largest absolute Gasteiger partial charge is 0.490 e. The van der Waals surface area contributed by atoms with E-state index in [0.717, 1.165) is 25.7 Å². The van der Waals surface area contributed by atoms with E-state index >= 15 is 0 Å². The van der Waals surface area contributed by atoms with Crippen LogP contribution in [0, 0.1) is 0 Å². The van der Waals surface area contributed by atoms with Crippen LogP contribution in [0.1, 0.15) is 52.9 Å². The highest BCUT2D eigenvalue weighted by Gasteiger charge is 2.55. The molecular formula is C14H24O4. The normalized spacial score (nSPS) is 23.0. The summed E-state index contributed by atoms with van der Waals surface area (Å²) in [6.07, 6.45) is 4.14. The topological polar surface area (TPSA) is 55.8 Å². The predicted molar refractivity (Wildman–Crippen MR) is 69.0 cm³/mol. The fraction of sp³-hybridized carbons (Fsp3) is 0.786. The highest BCUT2D eigenvalue weighted by Crippen LogP contribution is 2.39. The quantitative estimate of drug-likeness (QED) is 0.644. The molecule has 0 aromatic heterocycles. The Kier molecular flexibility index (Phi) is 5.66. The van der Waals surface area contributed by atoms with Crippen LogP contribution < -0.4 is 0 Å². The molecule has 104 valence electrons. The Morgan fingerprint density at radius 3 is 2.11 bits per heavy atom. The number of hydrogen-bond donors (Lipinski definition) is 1. The van der Waals surface area contributed by atoms with Gasteiger partial charge in [-0.25, -0.2) is 0 Å². The van der Waals surface area contributed by atoms with Gasteiger partial charge in [-0.3, -0.25) is 4.79 Å². The van der Waals surface area contributed by atoms with Crippen molar-refractivity contribution in [2.45, 2.75) is 58.5 Å². The van der Waals surface area contributed by atoms with Gasteiger partial charge in [0.2, 0.25) is 11.5 Å². The van der Waals surface area contributed by atoms with Crippen molar-refractivity contribution in [2.75, 3.05) is 13.2 Å². The summed E-state index contributed by atoms with van der Waals surface area (Å²) in [6.45, 7) is 6.90. The molecule has 1 N–H and O–H groups in total. The van der Waals surface area contributed by atoms with Gasteiger partial charge < -0.3 is 14.6 Å². The van der Waals surface area contributed by atoms with Gasteiger partial charge in [0.05, 0.1) is 13.2 Å². The first-order valence-electron chi connectivity index (χ1n) is 6.89. The van der Waals surface area contributed by atoms with Gasteiger partial charge in [0, 0.05) is 0 Å². The van der Waals surface area contributed by atoms with Crippen molar-refractivity contribution in [2.24, 2.45) is 0 Å². The van der Waals surface area contributed by atoms with Gasteiger partial charge in [-0.05, 0) is 19.3 Å². The molecule has 1 aliphatic carbocycles. The maximum Gasteiger partial charge on any atom is 0.240 e. The van der Waals surface area contributed by atoms with Gasteiger partial charge in [0.15, 0.2) is 11.4 Å². The average Bonchev–Trinajstić information content (AvgIpc) is 2.40. The molecule has 0 saturated carbocycles. The van der Waals surface area contributed by atoms with E-state index in [4.69, 9.17) is 9.47 Å². The number of hydrogen-bond acceptors (Lipinski definition) is 4. The van der Waals surface area contributed by atoms with Gasteiger partial charge in [-0.15, -0.1) is 0 Å². The molecule has 0 heterocycles. The van der Waals surface area contributed by atoms with E-state index in [0.29, 0.717) is 25.4 Å². The number of carbonyl (C=O) groups excluding carboxylic acids is 1. The minimum atomic E-state index is -1.45. The van der Waals surface area contributed by atoms with Crippen molar-refractivity contribution in [3.05, 3.63) is 11.5 Å². The second-order valence-electron chi connectivity index (χ2n) is 4.61. The van der Waals surface area contributed by atoms with Gasteiger partial charge in [0.25, 0.3) is 0 Å². The molecule has 18 heavy (non-hydrogen) atoms. The lowest BCUT2D eigenvalue weighted by Gasteiger charge is -2.37. The van der Waals surface area contributed by atoms with Gasteiger partial charge in [0.1, 0.15) is 0 Å². The summed E-state index contributed by atoms with van der Waals surface area (Å²) in [5.74, 6) is 0.219. The predicted octanol–water partition coefficient (Wildman–Crippen LogP) is 2.56. The van der Waals surface area contributed by atoms with Crippen LogP contribution in [0.15, 0.2) is 11.5 Å². The van der Waals surface area contributed by atoms with E-state index in [-0.39, 0.29) is 11.5 Å². The van der Waals surface area contributed by atoms with Gasteiger partial charge in [-0.1, -0.05) is 33.6 Å². The lowest BCUT2D eigenvalue weighted by molar-refractivity contribution is -0.147. The number of ether oxygens (including phenoxy) is 2. The first-order valence-corrected chi connectivity index (χ1v) is 6.89. The molecule has 0 aliphatic heterocycles. The molecular weight excluding hydrogens is 232 g/mol. The Balaban J connectivity index is 2.68. The zero-order valence-electron chi connectivity index (χ0n) is 11.6. The standard InChI is InChI=1S/C14H24O4/c1-4-7-9-17-11-12(15)14(16,6-3)13(11)18-10-8-5-2/h16H,4-10H2,1-3H3. The molecule has 0 saturated heterocycles. The Labute approximate surface area is 109 Å². The Morgan fingerprint density at radius 2 is 1.61 bits per heavy atom. The van der Waals surface area contributed by atoms with Crippen LogP contribution in [0.3, 0.4) is 0 Å². The third kappa shape index (κ3) is 2.86. The Hall–Kier alpha value is -1.03. The minimum absolute atomic E-state index is 0.226. The highest BCUT2D eigenvalue weighted by atomic mass is 16.5. The molecule has 0 bridgehead atoms. The number of aliphatic hydroxyl groups is 1. The monoisotopic (exact) mass is 256 g/mol. The molecule has 0 aromatic rings. The van der Waals surface area contributed by atoms with Crippen molar-refractivity contribution >= 4 is 5.78 Å². The van der Waals surface area contributed by atoms with E-state index in [1.807, 2.05) is 0 Å². The lowest BCUT2D eigenvalue weighted by Crippen LogP contribution is -2.52. The van der Waals surface area contributed by atoms with E-state index in [2.05, 4.69) is 13.8 Å². The minimum Gasteiger partial charge on any atom is -0.490 e. The number of rotatable bonds is 9. The van der Waals surface area contributed by atoms with Crippen LogP contribution in [-0.4, -0.2) is 29.7 Å². The van der Waals surface area contributed by atoms with Crippen molar-refractivity contribution < 1.29 is 19.4 Å². The summed E-state index contributed by atoms with van der Waals surface area (Å²) in [6, 6.07) is 0. The van der Waals surface area contributed by atoms with Gasteiger partial charge >= 0.3 is 0 Å². The SMILES string of the molecule is CCCCOC1=C(OCCCC)C(O)(CC)C1=O. The summed E-state index contributed by atoms with van der Waals surface area (Å²) in [4.78, 5) is 11.8. The molecule has 1 unspecified atom stereocenters. The maximum atomic E-state index is 11.8. The third-order valence-electron chi connectivity index (χ3n) is 3.16. The summed E-state index contributed by atoms with van der Waals surface area (Å²) >= 11 is 0. The fourth-order valence-corrected chi connectivity index (χ4v) is 1.79. The first kappa shape index (κ1) is 15.0. The molecule has 1 rings (SSSR count). The van der Waals surface area contributed by atoms with Crippen LogP contribution in [-0.2, 0) is 14.3 Å². The summed E-state index contributed by atoms with van der Waals surface area (Å²) in [7, 11) is 0. The van der Waals surface area contributed by atoms with E-state index in [9.17, 15) is 9.90 Å². The summed E-state index contributed by atoms with van der Waals surface area (Å²) < 4.78 is 10.9. The molecule has 0 radical (unpaired) electrons. The number of unbranched alkanes of at least 4 members (excludes halogenated alkanes) is 2. The van der Waals surface area contributed by atoms with Crippen LogP contribution in [0.4, 0.5) is 0 Å². The first-order chi connectivity index (χ1) is 8.61. The summed E-state index contributed by atoms with van der Waals surface area (Å²) in [5, 5.41) is 10.2.